The van der Waals surface area contributed by atoms with Crippen LogP contribution >= 0.6 is 0 Å². The van der Waals surface area contributed by atoms with E-state index in [2.05, 4.69) is 33.4 Å². The summed E-state index contributed by atoms with van der Waals surface area (Å²) in [6.45, 7) is 5.40. The van der Waals surface area contributed by atoms with Crippen LogP contribution in [0.2, 0.25) is 0 Å². The zero-order valence-electron chi connectivity index (χ0n) is 27.5. The van der Waals surface area contributed by atoms with E-state index in [1.54, 1.807) is 0 Å². The summed E-state index contributed by atoms with van der Waals surface area (Å²) in [6.07, 6.45) is 11.5. The molecule has 4 atom stereocenters. The maximum absolute atomic E-state index is 14.4. The Hall–Kier alpha value is -4.08. The molecule has 2 aromatic heterocycles. The van der Waals surface area contributed by atoms with Gasteiger partial charge in [-0.15, -0.1) is 0 Å². The first-order chi connectivity index (χ1) is 23.4. The van der Waals surface area contributed by atoms with E-state index in [0.29, 0.717) is 49.2 Å². The predicted octanol–water partition coefficient (Wildman–Crippen LogP) is 4.87. The van der Waals surface area contributed by atoms with Crippen molar-refractivity contribution in [1.29, 1.82) is 5.26 Å². The number of hydrogen-bond acceptors (Lipinski definition) is 10. The first-order valence-corrected chi connectivity index (χ1v) is 17.6. The van der Waals surface area contributed by atoms with Crippen molar-refractivity contribution in [2.75, 3.05) is 36.8 Å². The number of nitrogens with two attached hydrogens (primary N) is 1. The third kappa shape index (κ3) is 4.65. The average molecular weight is 652 g/mol. The number of anilines is 2. The molecule has 6 heterocycles. The van der Waals surface area contributed by atoms with Gasteiger partial charge in [-0.05, 0) is 68.9 Å². The maximum Gasteiger partial charge on any atom is 0.325 e. The molecule has 6 aliphatic rings. The highest BCUT2D eigenvalue weighted by molar-refractivity contribution is 5.64. The molecule has 0 amide bonds. The lowest BCUT2D eigenvalue weighted by Gasteiger charge is -2.46. The van der Waals surface area contributed by atoms with Crippen LogP contribution in [0.15, 0.2) is 23.5 Å². The monoisotopic (exact) mass is 651 g/mol. The van der Waals surface area contributed by atoms with Gasteiger partial charge in [0.05, 0.1) is 35.9 Å². The quantitative estimate of drug-likeness (QED) is 0.233. The fourth-order valence-corrected chi connectivity index (χ4v) is 9.40. The molecule has 1 aromatic carbocycles. The molecule has 0 bridgehead atoms. The second-order valence-electron chi connectivity index (χ2n) is 14.8. The van der Waals surface area contributed by atoms with Crippen molar-refractivity contribution >= 4 is 17.9 Å². The van der Waals surface area contributed by atoms with E-state index >= 15 is 0 Å². The Morgan fingerprint density at radius 2 is 2.02 bits per heavy atom. The minimum Gasteiger partial charge on any atom is -0.412 e. The summed E-state index contributed by atoms with van der Waals surface area (Å²) in [5.74, 6) is 1.10. The summed E-state index contributed by atoms with van der Waals surface area (Å²) in [6, 6.07) is 6.83. The van der Waals surface area contributed by atoms with Gasteiger partial charge in [0, 0.05) is 61.5 Å². The van der Waals surface area contributed by atoms with E-state index in [1.807, 2.05) is 12.4 Å². The standard InChI is InChI=1S/C36H42FN9O2/c1-22-9-11-35(32-25(22)7-8-28(39)26(32)15-38)14-30-27(19-48-35)33(44-17-24(18-44)46-20-40-29-5-2-3-6-31(29)46)43-34(42-30)47-21-41-36-10-4-12-45(36)16-23(37)13-36/h7-8,20-24H,2-6,9-14,16-19,39H2,1H3/t22-,23+,35-,36?/m0/s1. The summed E-state index contributed by atoms with van der Waals surface area (Å²) in [5.41, 5.74) is 12.5. The number of aliphatic imine (C=N–C) groups is 1. The Morgan fingerprint density at radius 3 is 2.90 bits per heavy atom. The van der Waals surface area contributed by atoms with Gasteiger partial charge in [0.1, 0.15) is 29.3 Å². The molecule has 3 fully saturated rings. The van der Waals surface area contributed by atoms with Crippen LogP contribution < -0.4 is 15.4 Å². The van der Waals surface area contributed by atoms with Gasteiger partial charge < -0.3 is 24.7 Å². The summed E-state index contributed by atoms with van der Waals surface area (Å²) >= 11 is 0. The molecule has 1 spiro atoms. The normalized spacial score (nSPS) is 29.7. The van der Waals surface area contributed by atoms with Crippen molar-refractivity contribution in [3.63, 3.8) is 0 Å². The van der Waals surface area contributed by atoms with Crippen molar-refractivity contribution in [3.8, 4) is 12.1 Å². The van der Waals surface area contributed by atoms with E-state index in [9.17, 15) is 9.65 Å². The SMILES string of the molecule is C[C@H]1CC[C@]2(Cc3nc(OC=NC45CCCN4C[C@H](F)C5)nc(N4CC(n5cnc6c5CCCC6)C4)c3CO2)c2c1ccc(N)c2C#N. The van der Waals surface area contributed by atoms with Crippen LogP contribution in [-0.2, 0) is 36.2 Å². The van der Waals surface area contributed by atoms with E-state index in [1.165, 1.54) is 30.6 Å². The number of benzene rings is 1. The third-order valence-corrected chi connectivity index (χ3v) is 12.0. The van der Waals surface area contributed by atoms with E-state index < -0.39 is 17.4 Å². The van der Waals surface area contributed by atoms with Gasteiger partial charge in [0.25, 0.3) is 0 Å². The number of nitriles is 1. The molecule has 2 N–H and O–H groups in total. The van der Waals surface area contributed by atoms with E-state index in [4.69, 9.17) is 35.2 Å². The Bertz CT molecular complexity index is 1850. The van der Waals surface area contributed by atoms with Crippen LogP contribution in [0.25, 0.3) is 0 Å². The first kappa shape index (κ1) is 30.0. The van der Waals surface area contributed by atoms with Crippen molar-refractivity contribution in [1.82, 2.24) is 24.4 Å². The number of rotatable bonds is 5. The lowest BCUT2D eigenvalue weighted by Crippen LogP contribution is -2.49. The third-order valence-electron chi connectivity index (χ3n) is 12.0. The van der Waals surface area contributed by atoms with Crippen molar-refractivity contribution < 1.29 is 13.9 Å². The largest absolute Gasteiger partial charge is 0.412 e. The van der Waals surface area contributed by atoms with Crippen LogP contribution in [0.4, 0.5) is 15.9 Å². The molecule has 3 aromatic rings. The number of ether oxygens (including phenoxy) is 2. The van der Waals surface area contributed by atoms with E-state index in [-0.39, 0.29) is 6.01 Å². The first-order valence-electron chi connectivity index (χ1n) is 17.6. The molecule has 4 aliphatic heterocycles. The Balaban J connectivity index is 1.06. The molecule has 0 saturated carbocycles. The van der Waals surface area contributed by atoms with Crippen LogP contribution in [0, 0.1) is 11.3 Å². The molecule has 3 saturated heterocycles. The molecule has 11 nitrogen and oxygen atoms in total. The predicted molar refractivity (Wildman–Crippen MR) is 178 cm³/mol. The highest BCUT2D eigenvalue weighted by Gasteiger charge is 2.49. The summed E-state index contributed by atoms with van der Waals surface area (Å²) in [4.78, 5) is 23.9. The number of nitrogen functional groups attached to an aromatic ring is 1. The maximum atomic E-state index is 14.4. The average Bonchev–Trinajstić information content (AvgIpc) is 3.74. The lowest BCUT2D eigenvalue weighted by atomic mass is 9.69. The number of alkyl halides is 1. The Labute approximate surface area is 280 Å². The number of aryl methyl sites for hydroxylation is 1. The molecule has 9 rings (SSSR count). The number of fused-ring (bicyclic) bond motifs is 5. The number of hydrogen-bond donors (Lipinski definition) is 1. The van der Waals surface area contributed by atoms with Gasteiger partial charge in [-0.25, -0.2) is 14.4 Å². The minimum absolute atomic E-state index is 0.223. The van der Waals surface area contributed by atoms with Gasteiger partial charge in [-0.1, -0.05) is 13.0 Å². The minimum atomic E-state index is -0.876. The lowest BCUT2D eigenvalue weighted by molar-refractivity contribution is -0.0873. The van der Waals surface area contributed by atoms with Gasteiger partial charge >= 0.3 is 6.01 Å². The molecular formula is C36H42FN9O2. The van der Waals surface area contributed by atoms with Gasteiger partial charge in [-0.2, -0.15) is 15.2 Å². The Kier molecular flexibility index (Phi) is 7.03. The molecule has 48 heavy (non-hydrogen) atoms. The molecular weight excluding hydrogens is 609 g/mol. The van der Waals surface area contributed by atoms with E-state index in [0.717, 1.165) is 86.4 Å². The van der Waals surface area contributed by atoms with Crippen LogP contribution in [0.5, 0.6) is 6.01 Å². The van der Waals surface area contributed by atoms with Crippen molar-refractivity contribution in [3.05, 3.63) is 57.8 Å². The number of nitrogens with zero attached hydrogens (tertiary/aromatic N) is 8. The molecule has 250 valence electrons. The topological polar surface area (TPSA) is 131 Å². The highest BCUT2D eigenvalue weighted by Crippen LogP contribution is 2.51. The molecule has 12 heteroatoms. The van der Waals surface area contributed by atoms with Gasteiger partial charge in [-0.3, -0.25) is 4.90 Å². The van der Waals surface area contributed by atoms with Crippen molar-refractivity contribution in [2.45, 2.75) is 107 Å². The fourth-order valence-electron chi connectivity index (χ4n) is 9.40. The second-order valence-corrected chi connectivity index (χ2v) is 14.8. The van der Waals surface area contributed by atoms with Gasteiger partial charge in [0.15, 0.2) is 6.40 Å². The second kappa shape index (κ2) is 11.2. The molecule has 0 radical (unpaired) electrons. The number of halogens is 1. The number of aromatic nitrogens is 4. The Morgan fingerprint density at radius 1 is 1.15 bits per heavy atom. The summed E-state index contributed by atoms with van der Waals surface area (Å²) in [5, 5.41) is 10.2. The summed E-state index contributed by atoms with van der Waals surface area (Å²) < 4.78 is 29.7. The van der Waals surface area contributed by atoms with Crippen molar-refractivity contribution in [2.24, 2.45) is 4.99 Å². The zero-order valence-corrected chi connectivity index (χ0v) is 27.5. The van der Waals surface area contributed by atoms with Gasteiger partial charge in [0.2, 0.25) is 0 Å². The number of imidazole rings is 1. The van der Waals surface area contributed by atoms with Crippen LogP contribution in [-0.4, -0.2) is 68.8 Å². The molecule has 1 unspecified atom stereocenters. The summed E-state index contributed by atoms with van der Waals surface area (Å²) in [7, 11) is 0. The highest BCUT2D eigenvalue weighted by atomic mass is 19.1. The fraction of sp³-hybridized carbons (Fsp3) is 0.583. The van der Waals surface area contributed by atoms with Crippen LogP contribution in [0.3, 0.4) is 0 Å². The molecule has 2 aliphatic carbocycles. The van der Waals surface area contributed by atoms with Crippen LogP contribution in [0.1, 0.15) is 103 Å². The smallest absolute Gasteiger partial charge is 0.325 e. The zero-order chi connectivity index (χ0) is 32.6.